The van der Waals surface area contributed by atoms with E-state index in [1.807, 2.05) is 5.38 Å². The average molecular weight is 312 g/mol. The maximum absolute atomic E-state index is 12.1. The van der Waals surface area contributed by atoms with Crippen molar-refractivity contribution in [3.05, 3.63) is 35.0 Å². The first-order valence-corrected chi connectivity index (χ1v) is 8.78. The molecule has 8 heteroatoms. The van der Waals surface area contributed by atoms with Crippen LogP contribution in [0.1, 0.15) is 24.0 Å². The first kappa shape index (κ1) is 13.7. The summed E-state index contributed by atoms with van der Waals surface area (Å²) < 4.78 is 27.2. The van der Waals surface area contributed by atoms with Crippen molar-refractivity contribution < 1.29 is 8.42 Å². The van der Waals surface area contributed by atoms with Crippen molar-refractivity contribution in [2.75, 3.05) is 0 Å². The van der Waals surface area contributed by atoms with Crippen LogP contribution in [-0.2, 0) is 23.1 Å². The molecule has 0 aromatic carbocycles. The van der Waals surface area contributed by atoms with E-state index in [1.165, 1.54) is 24.2 Å². The summed E-state index contributed by atoms with van der Waals surface area (Å²) >= 11 is 1.25. The summed E-state index contributed by atoms with van der Waals surface area (Å²) in [6.07, 6.45) is 5.72. The molecule has 0 unspecified atom stereocenters. The molecule has 3 rings (SSSR count). The van der Waals surface area contributed by atoms with Gasteiger partial charge in [0.25, 0.3) is 0 Å². The standard InChI is InChI=1S/C12H16N4O2S2/c17-20(18,16-7-10-5-14-15-6-10)12-3-9(8-19-12)4-13-11-1-2-11/h3,5-6,8,11,13,16H,1-2,4,7H2,(H,14,15). The van der Waals surface area contributed by atoms with E-state index in [0.717, 1.165) is 17.7 Å². The number of rotatable bonds is 7. The summed E-state index contributed by atoms with van der Waals surface area (Å²) in [6.45, 7) is 0.977. The lowest BCUT2D eigenvalue weighted by Gasteiger charge is -2.02. The van der Waals surface area contributed by atoms with E-state index in [4.69, 9.17) is 0 Å². The van der Waals surface area contributed by atoms with Gasteiger partial charge in [-0.1, -0.05) is 0 Å². The first-order chi connectivity index (χ1) is 9.63. The van der Waals surface area contributed by atoms with E-state index < -0.39 is 10.0 Å². The van der Waals surface area contributed by atoms with Crippen LogP contribution in [0.5, 0.6) is 0 Å². The number of sulfonamides is 1. The first-order valence-electron chi connectivity index (χ1n) is 6.41. The van der Waals surface area contributed by atoms with Crippen molar-refractivity contribution in [2.24, 2.45) is 0 Å². The Labute approximate surface area is 121 Å². The molecule has 108 valence electrons. The van der Waals surface area contributed by atoms with Crippen LogP contribution in [-0.4, -0.2) is 24.7 Å². The second kappa shape index (κ2) is 5.65. The van der Waals surface area contributed by atoms with E-state index >= 15 is 0 Å². The third-order valence-corrected chi connectivity index (χ3v) is 5.98. The van der Waals surface area contributed by atoms with Gasteiger partial charge in [0.2, 0.25) is 10.0 Å². The summed E-state index contributed by atoms with van der Waals surface area (Å²) in [4.78, 5) is 0. The van der Waals surface area contributed by atoms with Gasteiger partial charge >= 0.3 is 0 Å². The molecule has 2 heterocycles. The minimum absolute atomic E-state index is 0.242. The molecule has 0 amide bonds. The molecule has 1 aliphatic rings. The number of thiophene rings is 1. The molecule has 2 aromatic rings. The molecule has 20 heavy (non-hydrogen) atoms. The van der Waals surface area contributed by atoms with E-state index in [9.17, 15) is 8.42 Å². The molecule has 3 N–H and O–H groups in total. The van der Waals surface area contributed by atoms with Crippen molar-refractivity contribution in [1.29, 1.82) is 0 Å². The van der Waals surface area contributed by atoms with Crippen LogP contribution < -0.4 is 10.0 Å². The number of nitrogens with one attached hydrogen (secondary N) is 3. The summed E-state index contributed by atoms with van der Waals surface area (Å²) in [5.41, 5.74) is 1.83. The van der Waals surface area contributed by atoms with Gasteiger partial charge in [-0.15, -0.1) is 11.3 Å². The number of hydrogen-bond donors (Lipinski definition) is 3. The number of hydrogen-bond acceptors (Lipinski definition) is 5. The van der Waals surface area contributed by atoms with Gasteiger partial charge in [0, 0.05) is 30.9 Å². The molecule has 0 radical (unpaired) electrons. The minimum Gasteiger partial charge on any atom is -0.310 e. The topological polar surface area (TPSA) is 86.9 Å². The third kappa shape index (κ3) is 3.45. The largest absolute Gasteiger partial charge is 0.310 e. The van der Waals surface area contributed by atoms with Crippen LogP contribution >= 0.6 is 11.3 Å². The molecule has 0 aliphatic heterocycles. The maximum atomic E-state index is 12.1. The molecule has 1 fully saturated rings. The van der Waals surface area contributed by atoms with Crippen LogP contribution in [0.25, 0.3) is 0 Å². The van der Waals surface area contributed by atoms with Crippen LogP contribution in [0.2, 0.25) is 0 Å². The summed E-state index contributed by atoms with van der Waals surface area (Å²) in [5.74, 6) is 0. The Bertz CT molecular complexity index is 659. The minimum atomic E-state index is -3.44. The number of nitrogens with zero attached hydrogens (tertiary/aromatic N) is 1. The second-order valence-corrected chi connectivity index (χ2v) is 7.77. The lowest BCUT2D eigenvalue weighted by Crippen LogP contribution is -2.22. The van der Waals surface area contributed by atoms with Gasteiger partial charge in [-0.3, -0.25) is 5.10 Å². The Hall–Kier alpha value is -1.22. The van der Waals surface area contributed by atoms with Crippen LogP contribution in [0.3, 0.4) is 0 Å². The van der Waals surface area contributed by atoms with E-state index in [1.54, 1.807) is 18.5 Å². The van der Waals surface area contributed by atoms with Crippen molar-refractivity contribution in [2.45, 2.75) is 36.2 Å². The van der Waals surface area contributed by atoms with Gasteiger partial charge in [-0.25, -0.2) is 13.1 Å². The highest BCUT2D eigenvalue weighted by Gasteiger charge is 2.21. The summed E-state index contributed by atoms with van der Waals surface area (Å²) in [7, 11) is -3.44. The van der Waals surface area contributed by atoms with Gasteiger partial charge in [-0.05, 0) is 29.9 Å². The fraction of sp³-hybridized carbons (Fsp3) is 0.417. The van der Waals surface area contributed by atoms with Crippen molar-refractivity contribution >= 4 is 21.4 Å². The van der Waals surface area contributed by atoms with Crippen LogP contribution in [0, 0.1) is 0 Å². The Morgan fingerprint density at radius 2 is 2.20 bits per heavy atom. The highest BCUT2D eigenvalue weighted by Crippen LogP contribution is 2.23. The Morgan fingerprint density at radius 1 is 1.35 bits per heavy atom. The molecule has 0 saturated heterocycles. The Kier molecular flexibility index (Phi) is 3.88. The van der Waals surface area contributed by atoms with E-state index in [0.29, 0.717) is 10.3 Å². The zero-order chi connectivity index (χ0) is 14.0. The number of aromatic nitrogens is 2. The molecular formula is C12H16N4O2S2. The zero-order valence-electron chi connectivity index (χ0n) is 10.8. The lowest BCUT2D eigenvalue weighted by atomic mass is 10.3. The number of H-pyrrole nitrogens is 1. The van der Waals surface area contributed by atoms with Gasteiger partial charge in [0.05, 0.1) is 6.20 Å². The van der Waals surface area contributed by atoms with Gasteiger partial charge in [0.1, 0.15) is 4.21 Å². The Balaban J connectivity index is 1.61. The van der Waals surface area contributed by atoms with Crippen molar-refractivity contribution in [1.82, 2.24) is 20.2 Å². The summed E-state index contributed by atoms with van der Waals surface area (Å²) in [5, 5.41) is 11.7. The van der Waals surface area contributed by atoms with Crippen molar-refractivity contribution in [3.8, 4) is 0 Å². The highest BCUT2D eigenvalue weighted by atomic mass is 32.2. The molecular weight excluding hydrogens is 296 g/mol. The predicted molar refractivity (Wildman–Crippen MR) is 76.8 cm³/mol. The zero-order valence-corrected chi connectivity index (χ0v) is 12.4. The summed E-state index contributed by atoms with van der Waals surface area (Å²) in [6, 6.07) is 2.35. The SMILES string of the molecule is O=S(=O)(NCc1cn[nH]c1)c1cc(CNC2CC2)cs1. The monoisotopic (exact) mass is 312 g/mol. The van der Waals surface area contributed by atoms with Crippen molar-refractivity contribution in [3.63, 3.8) is 0 Å². The maximum Gasteiger partial charge on any atom is 0.250 e. The third-order valence-electron chi connectivity index (χ3n) is 3.09. The fourth-order valence-corrected chi connectivity index (χ4v) is 4.03. The molecule has 2 aromatic heterocycles. The van der Waals surface area contributed by atoms with Crippen LogP contribution in [0.15, 0.2) is 28.0 Å². The highest BCUT2D eigenvalue weighted by molar-refractivity contribution is 7.91. The average Bonchev–Trinajstić information content (AvgIpc) is 2.94. The predicted octanol–water partition coefficient (Wildman–Crippen LogP) is 1.20. The molecule has 6 nitrogen and oxygen atoms in total. The molecule has 0 atom stereocenters. The smallest absolute Gasteiger partial charge is 0.250 e. The molecule has 1 aliphatic carbocycles. The number of aromatic amines is 1. The second-order valence-electron chi connectivity index (χ2n) is 4.86. The molecule has 0 spiro atoms. The normalized spacial score (nSPS) is 15.6. The Morgan fingerprint density at radius 3 is 2.90 bits per heavy atom. The van der Waals surface area contributed by atoms with Gasteiger partial charge < -0.3 is 5.32 Å². The molecule has 0 bridgehead atoms. The lowest BCUT2D eigenvalue weighted by molar-refractivity contribution is 0.583. The van der Waals surface area contributed by atoms with E-state index in [2.05, 4.69) is 20.2 Å². The molecule has 1 saturated carbocycles. The fourth-order valence-electron chi connectivity index (χ4n) is 1.76. The van der Waals surface area contributed by atoms with E-state index in [-0.39, 0.29) is 6.54 Å². The van der Waals surface area contributed by atoms with Gasteiger partial charge in [0.15, 0.2) is 0 Å². The van der Waals surface area contributed by atoms with Crippen LogP contribution in [0.4, 0.5) is 0 Å². The quantitative estimate of drug-likeness (QED) is 0.717. The van der Waals surface area contributed by atoms with Gasteiger partial charge in [-0.2, -0.15) is 5.10 Å².